The molecule has 2 amide bonds. The summed E-state index contributed by atoms with van der Waals surface area (Å²) in [5.74, 6) is 1.14. The van der Waals surface area contributed by atoms with Gasteiger partial charge < -0.3 is 15.1 Å². The van der Waals surface area contributed by atoms with E-state index in [1.807, 2.05) is 26.0 Å². The predicted octanol–water partition coefficient (Wildman–Crippen LogP) is 3.61. The summed E-state index contributed by atoms with van der Waals surface area (Å²) in [4.78, 5) is 11.7. The quantitative estimate of drug-likeness (QED) is 0.887. The van der Waals surface area contributed by atoms with Gasteiger partial charge in [-0.2, -0.15) is 0 Å². The van der Waals surface area contributed by atoms with Gasteiger partial charge in [0.1, 0.15) is 17.3 Å². The summed E-state index contributed by atoms with van der Waals surface area (Å²) in [5.41, 5.74) is 0.529. The minimum absolute atomic E-state index is 0.242. The van der Waals surface area contributed by atoms with E-state index < -0.39 is 0 Å². The number of anilines is 1. The third kappa shape index (κ3) is 3.58. The Morgan fingerprint density at radius 1 is 1.21 bits per heavy atom. The highest BCUT2D eigenvalue weighted by atomic mass is 19.1. The van der Waals surface area contributed by atoms with Gasteiger partial charge in [0.25, 0.3) is 0 Å². The van der Waals surface area contributed by atoms with Crippen LogP contribution < -0.4 is 10.6 Å². The van der Waals surface area contributed by atoms with Crippen molar-refractivity contribution in [3.63, 3.8) is 0 Å². The van der Waals surface area contributed by atoms with Crippen LogP contribution in [0.5, 0.6) is 0 Å². The summed E-state index contributed by atoms with van der Waals surface area (Å²) in [5, 5.41) is 5.35. The van der Waals surface area contributed by atoms with Gasteiger partial charge >= 0.3 is 6.03 Å². The maximum atomic E-state index is 12.7. The van der Waals surface area contributed by atoms with Gasteiger partial charge in [0.15, 0.2) is 0 Å². The molecule has 0 spiro atoms. The van der Waals surface area contributed by atoms with Crippen molar-refractivity contribution in [2.75, 3.05) is 5.32 Å². The second-order valence-corrected chi connectivity index (χ2v) is 4.28. The summed E-state index contributed by atoms with van der Waals surface area (Å²) in [7, 11) is 0. The molecule has 1 atom stereocenters. The Labute approximate surface area is 110 Å². The molecule has 5 heteroatoms. The molecule has 4 nitrogen and oxygen atoms in total. The van der Waals surface area contributed by atoms with Crippen LogP contribution in [-0.4, -0.2) is 6.03 Å². The van der Waals surface area contributed by atoms with E-state index in [1.165, 1.54) is 24.3 Å². The van der Waals surface area contributed by atoms with Crippen LogP contribution in [0, 0.1) is 12.7 Å². The normalized spacial score (nSPS) is 11.9. The molecule has 1 heterocycles. The Hall–Kier alpha value is -2.30. The summed E-state index contributed by atoms with van der Waals surface area (Å²) < 4.78 is 18.1. The van der Waals surface area contributed by atoms with Crippen molar-refractivity contribution < 1.29 is 13.6 Å². The van der Waals surface area contributed by atoms with E-state index in [4.69, 9.17) is 4.42 Å². The molecule has 0 aliphatic heterocycles. The predicted molar refractivity (Wildman–Crippen MR) is 70.4 cm³/mol. The largest absolute Gasteiger partial charge is 0.464 e. The van der Waals surface area contributed by atoms with Gasteiger partial charge in [-0.3, -0.25) is 0 Å². The number of carbonyl (C=O) groups is 1. The standard InChI is InChI=1S/C14H15FN2O2/c1-9-3-8-13(19-9)10(2)16-14(18)17-12-6-4-11(15)5-7-12/h3-8,10H,1-2H3,(H2,16,17,18)/t10-/m1/s1. The lowest BCUT2D eigenvalue weighted by Gasteiger charge is -2.12. The molecular weight excluding hydrogens is 247 g/mol. The summed E-state index contributed by atoms with van der Waals surface area (Å²) in [6, 6.07) is 8.61. The molecule has 0 saturated carbocycles. The zero-order valence-electron chi connectivity index (χ0n) is 10.7. The molecule has 0 fully saturated rings. The SMILES string of the molecule is Cc1ccc([C@@H](C)NC(=O)Nc2ccc(F)cc2)o1. The van der Waals surface area contributed by atoms with Gasteiger partial charge in [0.2, 0.25) is 0 Å². The lowest BCUT2D eigenvalue weighted by atomic mass is 10.2. The molecule has 0 unspecified atom stereocenters. The number of aryl methyl sites for hydroxylation is 1. The highest BCUT2D eigenvalue weighted by Crippen LogP contribution is 2.16. The number of rotatable bonds is 3. The first-order valence-electron chi connectivity index (χ1n) is 5.94. The molecule has 0 saturated heterocycles. The number of hydrogen-bond acceptors (Lipinski definition) is 2. The van der Waals surface area contributed by atoms with Crippen molar-refractivity contribution in [3.05, 3.63) is 53.7 Å². The molecular formula is C14H15FN2O2. The fraction of sp³-hybridized carbons (Fsp3) is 0.214. The minimum atomic E-state index is -0.367. The summed E-state index contributed by atoms with van der Waals surface area (Å²) in [6.45, 7) is 3.66. The molecule has 1 aromatic carbocycles. The number of furan rings is 1. The monoisotopic (exact) mass is 262 g/mol. The van der Waals surface area contributed by atoms with Crippen LogP contribution >= 0.6 is 0 Å². The second-order valence-electron chi connectivity index (χ2n) is 4.28. The Kier molecular flexibility index (Phi) is 3.85. The van der Waals surface area contributed by atoms with Gasteiger partial charge in [0.05, 0.1) is 6.04 Å². The molecule has 2 N–H and O–H groups in total. The van der Waals surface area contributed by atoms with E-state index >= 15 is 0 Å². The highest BCUT2D eigenvalue weighted by Gasteiger charge is 2.12. The van der Waals surface area contributed by atoms with E-state index in [-0.39, 0.29) is 17.9 Å². The molecule has 1 aromatic heterocycles. The third-order valence-electron chi connectivity index (χ3n) is 2.64. The molecule has 100 valence electrons. The number of hydrogen-bond donors (Lipinski definition) is 2. The number of benzene rings is 1. The number of nitrogens with one attached hydrogen (secondary N) is 2. The average Bonchev–Trinajstić information content (AvgIpc) is 2.79. The molecule has 2 aromatic rings. The van der Waals surface area contributed by atoms with Gasteiger partial charge in [0, 0.05) is 5.69 Å². The zero-order chi connectivity index (χ0) is 13.8. The van der Waals surface area contributed by atoms with Crippen LogP contribution in [0.4, 0.5) is 14.9 Å². The smallest absolute Gasteiger partial charge is 0.319 e. The maximum absolute atomic E-state index is 12.7. The first-order chi connectivity index (χ1) is 9.04. The van der Waals surface area contributed by atoms with Crippen LogP contribution in [0.25, 0.3) is 0 Å². The van der Waals surface area contributed by atoms with Gasteiger partial charge in [-0.25, -0.2) is 9.18 Å². The minimum Gasteiger partial charge on any atom is -0.464 e. The number of amides is 2. The Bertz CT molecular complexity index is 563. The maximum Gasteiger partial charge on any atom is 0.319 e. The third-order valence-corrected chi connectivity index (χ3v) is 2.64. The first-order valence-corrected chi connectivity index (χ1v) is 5.94. The van der Waals surface area contributed by atoms with Gasteiger partial charge in [-0.05, 0) is 50.2 Å². The number of carbonyl (C=O) groups excluding carboxylic acids is 1. The second kappa shape index (κ2) is 5.56. The van der Waals surface area contributed by atoms with E-state index in [9.17, 15) is 9.18 Å². The fourth-order valence-electron chi connectivity index (χ4n) is 1.65. The molecule has 0 bridgehead atoms. The van der Waals surface area contributed by atoms with Crippen LogP contribution in [0.15, 0.2) is 40.8 Å². The van der Waals surface area contributed by atoms with Crippen molar-refractivity contribution in [1.29, 1.82) is 0 Å². The van der Waals surface area contributed by atoms with Crippen molar-refractivity contribution >= 4 is 11.7 Å². The van der Waals surface area contributed by atoms with Crippen molar-refractivity contribution in [1.82, 2.24) is 5.32 Å². The summed E-state index contributed by atoms with van der Waals surface area (Å²) in [6.07, 6.45) is 0. The molecule has 0 aliphatic carbocycles. The van der Waals surface area contributed by atoms with E-state index in [0.29, 0.717) is 11.4 Å². The first kappa shape index (κ1) is 13.1. The topological polar surface area (TPSA) is 54.3 Å². The molecule has 2 rings (SSSR count). The van der Waals surface area contributed by atoms with Crippen molar-refractivity contribution in [2.45, 2.75) is 19.9 Å². The van der Waals surface area contributed by atoms with E-state index in [1.54, 1.807) is 0 Å². The molecule has 19 heavy (non-hydrogen) atoms. The van der Waals surface area contributed by atoms with E-state index in [2.05, 4.69) is 10.6 Å². The van der Waals surface area contributed by atoms with Crippen LogP contribution in [0.1, 0.15) is 24.5 Å². The Morgan fingerprint density at radius 3 is 2.47 bits per heavy atom. The lowest BCUT2D eigenvalue weighted by molar-refractivity contribution is 0.247. The van der Waals surface area contributed by atoms with Crippen molar-refractivity contribution in [2.24, 2.45) is 0 Å². The van der Waals surface area contributed by atoms with Gasteiger partial charge in [-0.1, -0.05) is 0 Å². The van der Waals surface area contributed by atoms with Gasteiger partial charge in [-0.15, -0.1) is 0 Å². The molecule has 0 aliphatic rings. The zero-order valence-corrected chi connectivity index (χ0v) is 10.7. The number of halogens is 1. The van der Waals surface area contributed by atoms with Crippen molar-refractivity contribution in [3.8, 4) is 0 Å². The fourth-order valence-corrected chi connectivity index (χ4v) is 1.65. The lowest BCUT2D eigenvalue weighted by Crippen LogP contribution is -2.30. The van der Waals surface area contributed by atoms with E-state index in [0.717, 1.165) is 5.76 Å². The van der Waals surface area contributed by atoms with Crippen LogP contribution in [0.3, 0.4) is 0 Å². The number of urea groups is 1. The molecule has 0 radical (unpaired) electrons. The van der Waals surface area contributed by atoms with Crippen LogP contribution in [-0.2, 0) is 0 Å². The Balaban J connectivity index is 1.92. The highest BCUT2D eigenvalue weighted by molar-refractivity contribution is 5.89. The Morgan fingerprint density at radius 2 is 1.89 bits per heavy atom. The summed E-state index contributed by atoms with van der Waals surface area (Å²) >= 11 is 0. The van der Waals surface area contributed by atoms with Crippen LogP contribution in [0.2, 0.25) is 0 Å². The average molecular weight is 262 g/mol.